The van der Waals surface area contributed by atoms with Crippen LogP contribution >= 0.6 is 0 Å². The molecular formula is C31H33N3O9. The van der Waals surface area contributed by atoms with Crippen molar-refractivity contribution in [2.75, 3.05) is 40.2 Å². The van der Waals surface area contributed by atoms with E-state index in [-0.39, 0.29) is 29.7 Å². The van der Waals surface area contributed by atoms with E-state index >= 15 is 0 Å². The highest BCUT2D eigenvalue weighted by Gasteiger charge is 2.64. The number of phenolic OH excluding ortho intramolecular Hbond substituents is 1. The Morgan fingerprint density at radius 2 is 1.67 bits per heavy atom. The van der Waals surface area contributed by atoms with E-state index in [0.717, 1.165) is 0 Å². The molecule has 12 heteroatoms. The SMILES string of the molecule is COC(=O)c1ccc(-c2cc(N(C)C)c3c(c2O)C(O)=C2C(=O)[C@@]4(O)C(O)=C(C(N)=O)C(=O)[C@H](N(C)C)[C@H]4C[C@H]2C3)cc1. The molecule has 0 aliphatic heterocycles. The Morgan fingerprint density at radius 1 is 1.05 bits per heavy atom. The number of aliphatic hydroxyl groups excluding tert-OH is 2. The number of Topliss-reactive ketones (excluding diaryl/α,β-unsaturated/α-hetero) is 2. The summed E-state index contributed by atoms with van der Waals surface area (Å²) >= 11 is 0. The van der Waals surface area contributed by atoms with Crippen LogP contribution in [0.5, 0.6) is 5.75 Å². The summed E-state index contributed by atoms with van der Waals surface area (Å²) in [6.07, 6.45) is 0.160. The van der Waals surface area contributed by atoms with Crippen molar-refractivity contribution >= 4 is 34.9 Å². The predicted octanol–water partition coefficient (Wildman–Crippen LogP) is 1.48. The van der Waals surface area contributed by atoms with Gasteiger partial charge in [0.05, 0.1) is 24.3 Å². The van der Waals surface area contributed by atoms with Gasteiger partial charge >= 0.3 is 5.97 Å². The van der Waals surface area contributed by atoms with Gasteiger partial charge in [0.25, 0.3) is 5.91 Å². The summed E-state index contributed by atoms with van der Waals surface area (Å²) < 4.78 is 4.75. The molecule has 12 nitrogen and oxygen atoms in total. The first kappa shape index (κ1) is 29.8. The standard InChI is InChI=1S/C31H33N3O9/c1-33(2)19-12-16(13-6-8-14(9-7-13)30(41)43-5)24(35)21-17(19)10-15-11-18-23(34(3)4)26(37)22(29(32)40)28(39)31(18,42)27(38)20(15)25(21)36/h6-9,12,15,18,23,35-36,39,42H,10-11H2,1-5H3,(H2,32,40)/t15-,18-,23-,31-/m1/s1. The smallest absolute Gasteiger partial charge is 0.337 e. The molecule has 1 saturated carbocycles. The lowest BCUT2D eigenvalue weighted by Gasteiger charge is -2.50. The number of nitrogens with zero attached hydrogens (tertiary/aromatic N) is 2. The number of carbonyl (C=O) groups is 4. The molecule has 0 spiro atoms. The van der Waals surface area contributed by atoms with Crippen LogP contribution in [-0.2, 0) is 25.5 Å². The molecule has 0 bridgehead atoms. The number of rotatable bonds is 5. The lowest BCUT2D eigenvalue weighted by Crippen LogP contribution is -2.65. The third-order valence-electron chi connectivity index (χ3n) is 8.80. The van der Waals surface area contributed by atoms with E-state index in [1.54, 1.807) is 51.3 Å². The van der Waals surface area contributed by atoms with Crippen molar-refractivity contribution in [2.24, 2.45) is 17.6 Å². The van der Waals surface area contributed by atoms with Crippen molar-refractivity contribution in [3.8, 4) is 16.9 Å². The Labute approximate surface area is 247 Å². The fourth-order valence-electron chi connectivity index (χ4n) is 6.81. The van der Waals surface area contributed by atoms with Gasteiger partial charge in [0.15, 0.2) is 11.4 Å². The summed E-state index contributed by atoms with van der Waals surface area (Å²) in [5.41, 5.74) is 3.85. The fraction of sp³-hybridized carbons (Fsp3) is 0.355. The van der Waals surface area contributed by atoms with Crippen LogP contribution < -0.4 is 10.6 Å². The molecule has 2 aromatic rings. The van der Waals surface area contributed by atoms with Crippen LogP contribution in [0.3, 0.4) is 0 Å². The number of aliphatic hydroxyl groups is 3. The number of hydrogen-bond acceptors (Lipinski definition) is 11. The van der Waals surface area contributed by atoms with Crippen LogP contribution in [0, 0.1) is 11.8 Å². The lowest BCUT2D eigenvalue weighted by molar-refractivity contribution is -0.153. The zero-order valence-corrected chi connectivity index (χ0v) is 24.3. The third-order valence-corrected chi connectivity index (χ3v) is 8.80. The molecule has 1 fully saturated rings. The van der Waals surface area contributed by atoms with Gasteiger partial charge in [-0.1, -0.05) is 12.1 Å². The molecule has 43 heavy (non-hydrogen) atoms. The number of amides is 1. The van der Waals surface area contributed by atoms with Crippen molar-refractivity contribution in [3.05, 3.63) is 63.9 Å². The number of methoxy groups -OCH3 is 1. The van der Waals surface area contributed by atoms with Crippen molar-refractivity contribution in [1.29, 1.82) is 0 Å². The molecule has 226 valence electrons. The summed E-state index contributed by atoms with van der Waals surface area (Å²) in [5.74, 6) is -7.61. The minimum Gasteiger partial charge on any atom is -0.508 e. The largest absolute Gasteiger partial charge is 0.508 e. The number of esters is 1. The quantitative estimate of drug-likeness (QED) is 0.250. The summed E-state index contributed by atoms with van der Waals surface area (Å²) in [5, 5.41) is 46.1. The van der Waals surface area contributed by atoms with Crippen LogP contribution in [-0.4, -0.2) is 95.7 Å². The molecule has 3 aliphatic rings. The van der Waals surface area contributed by atoms with E-state index in [1.807, 2.05) is 0 Å². The Balaban J connectivity index is 1.73. The molecule has 0 aromatic heterocycles. The predicted molar refractivity (Wildman–Crippen MR) is 155 cm³/mol. The van der Waals surface area contributed by atoms with Crippen molar-refractivity contribution in [1.82, 2.24) is 4.90 Å². The van der Waals surface area contributed by atoms with Gasteiger partial charge in [0, 0.05) is 36.8 Å². The van der Waals surface area contributed by atoms with E-state index in [0.29, 0.717) is 27.9 Å². The molecule has 4 atom stereocenters. The summed E-state index contributed by atoms with van der Waals surface area (Å²) in [4.78, 5) is 54.8. The van der Waals surface area contributed by atoms with Gasteiger partial charge in [-0.15, -0.1) is 0 Å². The number of anilines is 1. The Kier molecular flexibility index (Phi) is 7.10. The highest BCUT2D eigenvalue weighted by atomic mass is 16.5. The second-order valence-electron chi connectivity index (χ2n) is 11.6. The average molecular weight is 592 g/mol. The number of primary amides is 1. The number of ketones is 2. The highest BCUT2D eigenvalue weighted by molar-refractivity contribution is 6.24. The van der Waals surface area contributed by atoms with Crippen molar-refractivity contribution in [2.45, 2.75) is 24.5 Å². The first-order valence-corrected chi connectivity index (χ1v) is 13.6. The first-order chi connectivity index (χ1) is 20.2. The minimum absolute atomic E-state index is 0.00384. The summed E-state index contributed by atoms with van der Waals surface area (Å²) in [6.45, 7) is 0. The van der Waals surface area contributed by atoms with E-state index < -0.39 is 64.0 Å². The number of nitrogens with two attached hydrogens (primary N) is 1. The number of aromatic hydroxyl groups is 1. The number of benzene rings is 2. The van der Waals surface area contributed by atoms with E-state index in [1.165, 1.54) is 24.1 Å². The van der Waals surface area contributed by atoms with Crippen LogP contribution in [0.15, 0.2) is 47.2 Å². The second kappa shape index (κ2) is 10.2. The molecule has 1 amide bonds. The molecule has 2 aromatic carbocycles. The number of fused-ring (bicyclic) bond motifs is 3. The van der Waals surface area contributed by atoms with Gasteiger partial charge in [0.1, 0.15) is 22.8 Å². The zero-order chi connectivity index (χ0) is 31.7. The van der Waals surface area contributed by atoms with Crippen molar-refractivity contribution < 1.29 is 44.3 Å². The molecule has 0 heterocycles. The number of phenols is 1. The van der Waals surface area contributed by atoms with Crippen molar-refractivity contribution in [3.63, 3.8) is 0 Å². The maximum atomic E-state index is 14.1. The molecule has 0 saturated heterocycles. The summed E-state index contributed by atoms with van der Waals surface area (Å²) in [7, 11) is 7.94. The third kappa shape index (κ3) is 4.20. The molecule has 6 N–H and O–H groups in total. The monoisotopic (exact) mass is 591 g/mol. The van der Waals surface area contributed by atoms with Gasteiger partial charge in [-0.05, 0) is 62.2 Å². The number of likely N-dealkylation sites (N-methyl/N-ethyl adjacent to an activating group) is 1. The van der Waals surface area contributed by atoms with E-state index in [2.05, 4.69) is 0 Å². The van der Waals surface area contributed by atoms with Crippen LogP contribution in [0.2, 0.25) is 0 Å². The van der Waals surface area contributed by atoms with E-state index in [4.69, 9.17) is 10.5 Å². The zero-order valence-electron chi connectivity index (χ0n) is 24.3. The molecular weight excluding hydrogens is 558 g/mol. The fourth-order valence-corrected chi connectivity index (χ4v) is 6.81. The van der Waals surface area contributed by atoms with Gasteiger partial charge in [-0.2, -0.15) is 0 Å². The van der Waals surface area contributed by atoms with E-state index in [9.17, 15) is 39.6 Å². The maximum absolute atomic E-state index is 14.1. The van der Waals surface area contributed by atoms with Gasteiger partial charge in [-0.25, -0.2) is 4.79 Å². The highest BCUT2D eigenvalue weighted by Crippen LogP contribution is 2.54. The number of ether oxygens (including phenoxy) is 1. The van der Waals surface area contributed by atoms with Crippen LogP contribution in [0.4, 0.5) is 5.69 Å². The lowest BCUT2D eigenvalue weighted by atomic mass is 9.57. The first-order valence-electron chi connectivity index (χ1n) is 13.6. The maximum Gasteiger partial charge on any atom is 0.337 e. The average Bonchev–Trinajstić information content (AvgIpc) is 2.94. The molecule has 0 unspecified atom stereocenters. The van der Waals surface area contributed by atoms with Crippen LogP contribution in [0.1, 0.15) is 27.9 Å². The minimum atomic E-state index is -2.72. The number of carbonyl (C=O) groups excluding carboxylic acids is 4. The summed E-state index contributed by atoms with van der Waals surface area (Å²) in [6, 6.07) is 6.85. The Hall–Kier alpha value is -4.68. The Morgan fingerprint density at radius 3 is 2.21 bits per heavy atom. The normalized spacial score (nSPS) is 24.9. The van der Waals surface area contributed by atoms with Crippen LogP contribution in [0.25, 0.3) is 16.9 Å². The van der Waals surface area contributed by atoms with Gasteiger partial charge in [-0.3, -0.25) is 19.3 Å². The van der Waals surface area contributed by atoms with Gasteiger partial charge < -0.3 is 35.8 Å². The topological polar surface area (TPSA) is 191 Å². The second-order valence-corrected chi connectivity index (χ2v) is 11.6. The molecule has 0 radical (unpaired) electrons. The Bertz CT molecular complexity index is 1660. The molecule has 5 rings (SSSR count). The molecule has 3 aliphatic carbocycles. The van der Waals surface area contributed by atoms with Gasteiger partial charge in [0.2, 0.25) is 5.78 Å². The number of hydrogen-bond donors (Lipinski definition) is 5.